The third-order valence-electron chi connectivity index (χ3n) is 3.43. The molecule has 0 aliphatic rings. The molecule has 0 radical (unpaired) electrons. The summed E-state index contributed by atoms with van der Waals surface area (Å²) in [6.45, 7) is 2.06. The molecule has 5 heteroatoms. The molecule has 0 fully saturated rings. The number of hydrogen-bond acceptors (Lipinski definition) is 3. The highest BCUT2D eigenvalue weighted by molar-refractivity contribution is 14.1. The van der Waals surface area contributed by atoms with Crippen LogP contribution in [0.3, 0.4) is 0 Å². The van der Waals surface area contributed by atoms with Crippen LogP contribution in [0.15, 0.2) is 36.5 Å². The molecule has 0 saturated heterocycles. The van der Waals surface area contributed by atoms with Crippen LogP contribution in [-0.2, 0) is 0 Å². The largest absolute Gasteiger partial charge is 0.495 e. The number of ether oxygens (including phenoxy) is 1. The standard InChI is InChI=1S/C16H12IN3O/c1-10-15(17)16-14(7-13(21-2)9-19-16)20(10)12-5-3-11(8-18)4-6-12/h3-7,9H,1-2H3. The second-order valence-corrected chi connectivity index (χ2v) is 5.72. The van der Waals surface area contributed by atoms with Crippen molar-refractivity contribution in [1.82, 2.24) is 9.55 Å². The molecule has 3 aromatic rings. The van der Waals surface area contributed by atoms with E-state index in [9.17, 15) is 0 Å². The maximum absolute atomic E-state index is 8.91. The van der Waals surface area contributed by atoms with E-state index in [-0.39, 0.29) is 0 Å². The van der Waals surface area contributed by atoms with E-state index >= 15 is 0 Å². The van der Waals surface area contributed by atoms with Crippen molar-refractivity contribution in [3.05, 3.63) is 51.4 Å². The first-order valence-electron chi connectivity index (χ1n) is 6.36. The number of rotatable bonds is 2. The zero-order valence-electron chi connectivity index (χ0n) is 11.6. The first-order valence-corrected chi connectivity index (χ1v) is 7.44. The fourth-order valence-electron chi connectivity index (χ4n) is 2.35. The lowest BCUT2D eigenvalue weighted by Gasteiger charge is -2.09. The maximum atomic E-state index is 8.91. The van der Waals surface area contributed by atoms with Gasteiger partial charge < -0.3 is 9.30 Å². The smallest absolute Gasteiger partial charge is 0.139 e. The minimum absolute atomic E-state index is 0.651. The van der Waals surface area contributed by atoms with Crippen LogP contribution in [-0.4, -0.2) is 16.7 Å². The molecule has 4 nitrogen and oxygen atoms in total. The Hall–Kier alpha value is -2.07. The molecule has 0 bridgehead atoms. The van der Waals surface area contributed by atoms with Gasteiger partial charge in [0, 0.05) is 17.4 Å². The molecule has 0 atom stereocenters. The number of benzene rings is 1. The quantitative estimate of drug-likeness (QED) is 0.627. The van der Waals surface area contributed by atoms with Crippen molar-refractivity contribution >= 4 is 33.6 Å². The Bertz CT molecular complexity index is 860. The summed E-state index contributed by atoms with van der Waals surface area (Å²) in [5.74, 6) is 0.728. The number of nitriles is 1. The highest BCUT2D eigenvalue weighted by Gasteiger charge is 2.15. The molecule has 0 amide bonds. The van der Waals surface area contributed by atoms with E-state index in [0.29, 0.717) is 5.56 Å². The Morgan fingerprint density at radius 1 is 1.29 bits per heavy atom. The molecule has 0 saturated carbocycles. The van der Waals surface area contributed by atoms with Crippen molar-refractivity contribution in [2.24, 2.45) is 0 Å². The van der Waals surface area contributed by atoms with Gasteiger partial charge in [0.1, 0.15) is 11.3 Å². The Morgan fingerprint density at radius 3 is 2.62 bits per heavy atom. The summed E-state index contributed by atoms with van der Waals surface area (Å²) in [6.07, 6.45) is 1.73. The zero-order valence-corrected chi connectivity index (χ0v) is 13.7. The summed E-state index contributed by atoms with van der Waals surface area (Å²) in [5.41, 5.74) is 4.74. The molecule has 3 rings (SSSR count). The average molecular weight is 389 g/mol. The Morgan fingerprint density at radius 2 is 2.00 bits per heavy atom. The van der Waals surface area contributed by atoms with Gasteiger partial charge in [-0.05, 0) is 53.8 Å². The number of halogens is 1. The third-order valence-corrected chi connectivity index (χ3v) is 4.73. The molecule has 2 heterocycles. The summed E-state index contributed by atoms with van der Waals surface area (Å²) in [4.78, 5) is 4.49. The Labute approximate surface area is 136 Å². The topological polar surface area (TPSA) is 50.8 Å². The van der Waals surface area contributed by atoms with E-state index < -0.39 is 0 Å². The molecule has 0 N–H and O–H groups in total. The first kappa shape index (κ1) is 13.9. The van der Waals surface area contributed by atoms with Crippen LogP contribution in [0, 0.1) is 21.8 Å². The Balaban J connectivity index is 2.29. The summed E-state index contributed by atoms with van der Waals surface area (Å²) in [6, 6.07) is 11.7. The van der Waals surface area contributed by atoms with Crippen LogP contribution in [0.5, 0.6) is 5.75 Å². The highest BCUT2D eigenvalue weighted by Crippen LogP contribution is 2.31. The van der Waals surface area contributed by atoms with E-state index in [1.165, 1.54) is 0 Å². The molecule has 0 aliphatic carbocycles. The minimum atomic E-state index is 0.651. The molecule has 1 aromatic carbocycles. The van der Waals surface area contributed by atoms with Crippen LogP contribution >= 0.6 is 22.6 Å². The lowest BCUT2D eigenvalue weighted by atomic mass is 10.2. The summed E-state index contributed by atoms with van der Waals surface area (Å²) in [5, 5.41) is 8.91. The van der Waals surface area contributed by atoms with E-state index in [1.54, 1.807) is 13.3 Å². The van der Waals surface area contributed by atoms with E-state index in [1.807, 2.05) is 30.3 Å². The lowest BCUT2D eigenvalue weighted by molar-refractivity contribution is 0.413. The van der Waals surface area contributed by atoms with Crippen LogP contribution in [0.1, 0.15) is 11.3 Å². The molecule has 0 unspecified atom stereocenters. The summed E-state index contributed by atoms with van der Waals surface area (Å²) < 4.78 is 8.53. The second-order valence-electron chi connectivity index (χ2n) is 4.64. The highest BCUT2D eigenvalue weighted by atomic mass is 127. The van der Waals surface area contributed by atoms with Crippen LogP contribution < -0.4 is 4.74 Å². The first-order chi connectivity index (χ1) is 10.2. The van der Waals surface area contributed by atoms with Gasteiger partial charge in [-0.25, -0.2) is 4.98 Å². The molecule has 104 valence electrons. The van der Waals surface area contributed by atoms with Gasteiger partial charge in [-0.1, -0.05) is 0 Å². The number of fused-ring (bicyclic) bond motifs is 1. The van der Waals surface area contributed by atoms with Crippen molar-refractivity contribution < 1.29 is 4.74 Å². The van der Waals surface area contributed by atoms with E-state index in [0.717, 1.165) is 31.7 Å². The molecular weight excluding hydrogens is 377 g/mol. The van der Waals surface area contributed by atoms with Gasteiger partial charge in [-0.15, -0.1) is 0 Å². The van der Waals surface area contributed by atoms with Crippen LogP contribution in [0.4, 0.5) is 0 Å². The summed E-state index contributed by atoms with van der Waals surface area (Å²) in [7, 11) is 1.63. The number of methoxy groups -OCH3 is 1. The van der Waals surface area contributed by atoms with Crippen LogP contribution in [0.2, 0.25) is 0 Å². The second kappa shape index (κ2) is 5.37. The number of pyridine rings is 1. The van der Waals surface area contributed by atoms with E-state index in [2.05, 4.69) is 45.1 Å². The van der Waals surface area contributed by atoms with Gasteiger partial charge in [0.2, 0.25) is 0 Å². The van der Waals surface area contributed by atoms with Crippen molar-refractivity contribution in [3.8, 4) is 17.5 Å². The predicted molar refractivity (Wildman–Crippen MR) is 89.8 cm³/mol. The van der Waals surface area contributed by atoms with Gasteiger partial charge in [0.25, 0.3) is 0 Å². The maximum Gasteiger partial charge on any atom is 0.139 e. The molecule has 2 aromatic heterocycles. The molecule has 0 aliphatic heterocycles. The third kappa shape index (κ3) is 2.25. The lowest BCUT2D eigenvalue weighted by Crippen LogP contribution is -1.97. The molecule has 0 spiro atoms. The number of nitrogens with zero attached hydrogens (tertiary/aromatic N) is 3. The van der Waals surface area contributed by atoms with Gasteiger partial charge >= 0.3 is 0 Å². The van der Waals surface area contributed by atoms with Gasteiger partial charge in [-0.2, -0.15) is 5.26 Å². The average Bonchev–Trinajstić information content (AvgIpc) is 2.78. The Kier molecular flexibility index (Phi) is 3.55. The van der Waals surface area contributed by atoms with Crippen molar-refractivity contribution in [3.63, 3.8) is 0 Å². The van der Waals surface area contributed by atoms with E-state index in [4.69, 9.17) is 10.00 Å². The van der Waals surface area contributed by atoms with Crippen LogP contribution in [0.25, 0.3) is 16.7 Å². The van der Waals surface area contributed by atoms with Crippen molar-refractivity contribution in [2.45, 2.75) is 6.92 Å². The van der Waals surface area contributed by atoms with Crippen molar-refractivity contribution in [2.75, 3.05) is 7.11 Å². The normalized spacial score (nSPS) is 10.6. The zero-order chi connectivity index (χ0) is 15.0. The van der Waals surface area contributed by atoms with Gasteiger partial charge in [0.05, 0.1) is 34.0 Å². The molecule has 21 heavy (non-hydrogen) atoms. The SMILES string of the molecule is COc1cnc2c(I)c(C)n(-c3ccc(C#N)cc3)c2c1. The number of hydrogen-bond donors (Lipinski definition) is 0. The minimum Gasteiger partial charge on any atom is -0.495 e. The molecular formula is C16H12IN3O. The monoisotopic (exact) mass is 389 g/mol. The van der Waals surface area contributed by atoms with Gasteiger partial charge in [0.15, 0.2) is 0 Å². The van der Waals surface area contributed by atoms with Crippen molar-refractivity contribution in [1.29, 1.82) is 5.26 Å². The fourth-order valence-corrected chi connectivity index (χ4v) is 3.01. The predicted octanol–water partition coefficient (Wildman–Crippen LogP) is 3.82. The summed E-state index contributed by atoms with van der Waals surface area (Å²) >= 11 is 2.31. The fraction of sp³-hybridized carbons (Fsp3) is 0.125. The number of aromatic nitrogens is 2. The van der Waals surface area contributed by atoms with Gasteiger partial charge in [-0.3, -0.25) is 0 Å².